The molecule has 0 aromatic heterocycles. The van der Waals surface area contributed by atoms with E-state index < -0.39 is 0 Å². The van der Waals surface area contributed by atoms with E-state index in [9.17, 15) is 4.79 Å². The predicted octanol–water partition coefficient (Wildman–Crippen LogP) is 2.67. The van der Waals surface area contributed by atoms with E-state index >= 15 is 0 Å². The molecule has 1 aromatic carbocycles. The molecule has 23 heavy (non-hydrogen) atoms. The number of hydrogen-bond donors (Lipinski definition) is 2. The normalized spacial score (nSPS) is 22.3. The minimum absolute atomic E-state index is 0. The molecule has 5 nitrogen and oxygen atoms in total. The number of halogens is 2. The van der Waals surface area contributed by atoms with Crippen LogP contribution in [0.3, 0.4) is 0 Å². The number of nitrogens with one attached hydrogen (secondary N) is 1. The van der Waals surface area contributed by atoms with E-state index in [1.165, 1.54) is 0 Å². The van der Waals surface area contributed by atoms with Crippen LogP contribution in [0.4, 0.5) is 0 Å². The molecule has 0 saturated heterocycles. The van der Waals surface area contributed by atoms with E-state index in [1.54, 1.807) is 6.07 Å². The van der Waals surface area contributed by atoms with E-state index in [0.717, 1.165) is 24.8 Å². The van der Waals surface area contributed by atoms with E-state index in [2.05, 4.69) is 5.32 Å². The third kappa shape index (κ3) is 4.43. The first-order valence-corrected chi connectivity index (χ1v) is 8.11. The van der Waals surface area contributed by atoms with Gasteiger partial charge in [0.05, 0.1) is 5.02 Å². The van der Waals surface area contributed by atoms with Gasteiger partial charge < -0.3 is 20.5 Å². The second-order valence-electron chi connectivity index (χ2n) is 5.94. The van der Waals surface area contributed by atoms with Gasteiger partial charge in [0.15, 0.2) is 11.5 Å². The molecule has 7 heteroatoms. The lowest BCUT2D eigenvalue weighted by molar-refractivity contribution is -0.122. The highest BCUT2D eigenvalue weighted by molar-refractivity contribution is 6.32. The number of carbonyl (C=O) groups is 1. The Morgan fingerprint density at radius 1 is 1.30 bits per heavy atom. The fraction of sp³-hybridized carbons (Fsp3) is 0.562. The maximum Gasteiger partial charge on any atom is 0.220 e. The molecule has 0 spiro atoms. The number of rotatable bonds is 4. The number of benzene rings is 1. The molecule has 0 bridgehead atoms. The molecule has 0 radical (unpaired) electrons. The molecule has 1 aliphatic carbocycles. The Morgan fingerprint density at radius 2 is 2.09 bits per heavy atom. The third-order valence-electron chi connectivity index (χ3n) is 4.31. The zero-order valence-electron chi connectivity index (χ0n) is 12.8. The monoisotopic (exact) mass is 360 g/mol. The van der Waals surface area contributed by atoms with E-state index in [-0.39, 0.29) is 24.4 Å². The first-order chi connectivity index (χ1) is 10.6. The molecule has 1 aliphatic heterocycles. The van der Waals surface area contributed by atoms with Gasteiger partial charge in [-0.05, 0) is 36.5 Å². The average molecular weight is 361 g/mol. The zero-order valence-corrected chi connectivity index (χ0v) is 14.4. The predicted molar refractivity (Wildman–Crippen MR) is 91.5 cm³/mol. The molecule has 1 heterocycles. The fourth-order valence-corrected chi connectivity index (χ4v) is 3.38. The molecule has 2 atom stereocenters. The summed E-state index contributed by atoms with van der Waals surface area (Å²) in [5.41, 5.74) is 6.90. The smallest absolute Gasteiger partial charge is 0.220 e. The highest BCUT2D eigenvalue weighted by Crippen LogP contribution is 2.38. The molecule has 3 N–H and O–H groups in total. The van der Waals surface area contributed by atoms with E-state index in [4.69, 9.17) is 26.8 Å². The van der Waals surface area contributed by atoms with Crippen molar-refractivity contribution in [2.24, 2.45) is 11.7 Å². The maximum atomic E-state index is 12.0. The van der Waals surface area contributed by atoms with Gasteiger partial charge in [-0.25, -0.2) is 0 Å². The number of hydrogen-bond acceptors (Lipinski definition) is 4. The Kier molecular flexibility index (Phi) is 6.39. The van der Waals surface area contributed by atoms with Gasteiger partial charge in [-0.15, -0.1) is 12.4 Å². The van der Waals surface area contributed by atoms with Gasteiger partial charge in [0.25, 0.3) is 0 Å². The number of carbonyl (C=O) groups excluding carboxylic acids is 1. The lowest BCUT2D eigenvalue weighted by atomic mass is 10.00. The van der Waals surface area contributed by atoms with Gasteiger partial charge in [0.1, 0.15) is 13.2 Å². The minimum Gasteiger partial charge on any atom is -0.486 e. The zero-order chi connectivity index (χ0) is 15.5. The molecule has 128 valence electrons. The Morgan fingerprint density at radius 3 is 2.83 bits per heavy atom. The summed E-state index contributed by atoms with van der Waals surface area (Å²) in [6.07, 6.45) is 3.69. The fourth-order valence-electron chi connectivity index (χ4n) is 3.10. The van der Waals surface area contributed by atoms with Gasteiger partial charge in [0, 0.05) is 19.0 Å². The maximum absolute atomic E-state index is 12.0. The van der Waals surface area contributed by atoms with Crippen molar-refractivity contribution in [3.63, 3.8) is 0 Å². The van der Waals surface area contributed by atoms with Gasteiger partial charge in [0.2, 0.25) is 5.91 Å². The molecular formula is C16H22Cl2N2O3. The molecule has 1 saturated carbocycles. The van der Waals surface area contributed by atoms with Crippen LogP contribution in [0.1, 0.15) is 31.2 Å². The van der Waals surface area contributed by atoms with Crippen molar-refractivity contribution in [1.82, 2.24) is 5.32 Å². The van der Waals surface area contributed by atoms with Crippen LogP contribution in [-0.2, 0) is 11.3 Å². The summed E-state index contributed by atoms with van der Waals surface area (Å²) < 4.78 is 11.0. The Hall–Kier alpha value is -1.17. The van der Waals surface area contributed by atoms with Crippen LogP contribution < -0.4 is 20.5 Å². The summed E-state index contributed by atoms with van der Waals surface area (Å²) >= 11 is 6.19. The van der Waals surface area contributed by atoms with Crippen LogP contribution in [0.15, 0.2) is 12.1 Å². The van der Waals surface area contributed by atoms with Crippen LogP contribution >= 0.6 is 24.0 Å². The van der Waals surface area contributed by atoms with Crippen LogP contribution in [0, 0.1) is 5.92 Å². The lowest BCUT2D eigenvalue weighted by Crippen LogP contribution is -2.31. The number of amides is 1. The Balaban J connectivity index is 0.00000192. The van der Waals surface area contributed by atoms with Gasteiger partial charge in [-0.1, -0.05) is 18.0 Å². The minimum atomic E-state index is 0. The SMILES string of the molecule is Cl.N[C@@H]1CCC[C@H]1CC(=O)NCc1cc(Cl)c2c(c1)OCCO2. The van der Waals surface area contributed by atoms with Gasteiger partial charge in [-0.2, -0.15) is 0 Å². The molecule has 1 fully saturated rings. The summed E-state index contributed by atoms with van der Waals surface area (Å²) in [5.74, 6) is 1.57. The third-order valence-corrected chi connectivity index (χ3v) is 4.59. The van der Waals surface area contributed by atoms with Crippen molar-refractivity contribution in [3.05, 3.63) is 22.7 Å². The summed E-state index contributed by atoms with van der Waals surface area (Å²) in [5, 5.41) is 3.44. The second-order valence-corrected chi connectivity index (χ2v) is 6.34. The van der Waals surface area contributed by atoms with Crippen molar-refractivity contribution in [2.75, 3.05) is 13.2 Å². The van der Waals surface area contributed by atoms with Crippen LogP contribution in [0.25, 0.3) is 0 Å². The van der Waals surface area contributed by atoms with Crippen LogP contribution in [0.2, 0.25) is 5.02 Å². The number of fused-ring (bicyclic) bond motifs is 1. The van der Waals surface area contributed by atoms with Crippen molar-refractivity contribution in [3.8, 4) is 11.5 Å². The van der Waals surface area contributed by atoms with Crippen molar-refractivity contribution in [1.29, 1.82) is 0 Å². The first kappa shape index (κ1) is 18.2. The summed E-state index contributed by atoms with van der Waals surface area (Å²) in [7, 11) is 0. The van der Waals surface area contributed by atoms with E-state index in [0.29, 0.717) is 48.6 Å². The standard InChI is InChI=1S/C16H21ClN2O3.ClH/c17-12-6-10(7-14-16(12)22-5-4-21-14)9-19-15(20)8-11-2-1-3-13(11)18;/h6-7,11,13H,1-5,8-9,18H2,(H,19,20);1H/t11-,13+;/m0./s1. The topological polar surface area (TPSA) is 73.6 Å². The molecule has 1 amide bonds. The average Bonchev–Trinajstić information content (AvgIpc) is 2.90. The number of ether oxygens (including phenoxy) is 2. The van der Waals surface area contributed by atoms with Crippen LogP contribution in [0.5, 0.6) is 11.5 Å². The second kappa shape index (κ2) is 8.08. The molecule has 1 aromatic rings. The summed E-state index contributed by atoms with van der Waals surface area (Å²) in [4.78, 5) is 12.0. The summed E-state index contributed by atoms with van der Waals surface area (Å²) in [6.45, 7) is 1.44. The van der Waals surface area contributed by atoms with Crippen molar-refractivity contribution >= 4 is 29.9 Å². The molecular weight excluding hydrogens is 339 g/mol. The largest absolute Gasteiger partial charge is 0.486 e. The first-order valence-electron chi connectivity index (χ1n) is 7.74. The number of nitrogens with two attached hydrogens (primary N) is 1. The Bertz CT molecular complexity index is 569. The van der Waals surface area contributed by atoms with Gasteiger partial charge in [-0.3, -0.25) is 4.79 Å². The van der Waals surface area contributed by atoms with E-state index in [1.807, 2.05) is 6.07 Å². The quantitative estimate of drug-likeness (QED) is 0.865. The summed E-state index contributed by atoms with van der Waals surface area (Å²) in [6, 6.07) is 3.83. The molecule has 2 aliphatic rings. The van der Waals surface area contributed by atoms with Crippen LogP contribution in [-0.4, -0.2) is 25.2 Å². The van der Waals surface area contributed by atoms with Gasteiger partial charge >= 0.3 is 0 Å². The van der Waals surface area contributed by atoms with Crippen molar-refractivity contribution < 1.29 is 14.3 Å². The molecule has 3 rings (SSSR count). The highest BCUT2D eigenvalue weighted by Gasteiger charge is 2.26. The lowest BCUT2D eigenvalue weighted by Gasteiger charge is -2.20. The Labute approximate surface area is 147 Å². The highest BCUT2D eigenvalue weighted by atomic mass is 35.5. The van der Waals surface area contributed by atoms with Crippen molar-refractivity contribution in [2.45, 2.75) is 38.3 Å². The molecule has 0 unspecified atom stereocenters.